The molecule has 0 radical (unpaired) electrons. The molecule has 2 heterocycles. The molecule has 0 aliphatic carbocycles. The summed E-state index contributed by atoms with van der Waals surface area (Å²) in [6, 6.07) is -0.145. The number of benzene rings is 1. The van der Waals surface area contributed by atoms with Gasteiger partial charge in [0, 0.05) is 0 Å². The molecule has 124 valence electrons. The average molecular weight is 334 g/mol. The van der Waals surface area contributed by atoms with Gasteiger partial charge in [-0.25, -0.2) is 17.7 Å². The summed E-state index contributed by atoms with van der Waals surface area (Å²) in [5.74, 6) is -9.58. The van der Waals surface area contributed by atoms with Crippen molar-refractivity contribution in [1.82, 2.24) is 9.67 Å². The third-order valence-electron chi connectivity index (χ3n) is 3.82. The monoisotopic (exact) mass is 334 g/mol. The second-order valence-electron chi connectivity index (χ2n) is 5.63. The summed E-state index contributed by atoms with van der Waals surface area (Å²) in [7, 11) is 0. The Kier molecular flexibility index (Phi) is 3.83. The molecule has 1 aromatic carbocycles. The van der Waals surface area contributed by atoms with Gasteiger partial charge in [0.2, 0.25) is 34.8 Å². The summed E-state index contributed by atoms with van der Waals surface area (Å²) in [6.45, 7) is 4.31. The number of aromatic nitrogens is 3. The SMILES string of the molecule is CC(C)[C@H]1COCc2n[n+](-c3c(F)c(F)c(F)c(F)c3F)cn21. The van der Waals surface area contributed by atoms with Crippen molar-refractivity contribution < 1.29 is 31.4 Å². The van der Waals surface area contributed by atoms with Crippen LogP contribution in [0.5, 0.6) is 0 Å². The number of halogens is 5. The van der Waals surface area contributed by atoms with Crippen LogP contribution in [0.25, 0.3) is 5.69 Å². The predicted octanol–water partition coefficient (Wildman–Crippen LogP) is 2.58. The van der Waals surface area contributed by atoms with Crippen molar-refractivity contribution in [1.29, 1.82) is 0 Å². The Hall–Kier alpha value is -2.03. The molecular weight excluding hydrogens is 321 g/mol. The van der Waals surface area contributed by atoms with E-state index in [1.165, 1.54) is 6.33 Å². The highest BCUT2D eigenvalue weighted by Crippen LogP contribution is 2.26. The first-order valence-corrected chi connectivity index (χ1v) is 6.92. The minimum atomic E-state index is -2.20. The molecule has 1 aromatic heterocycles. The lowest BCUT2D eigenvalue weighted by atomic mass is 10.0. The average Bonchev–Trinajstić information content (AvgIpc) is 2.94. The standard InChI is InChI=1S/C14H13F5N3O/c1-6(2)7-3-23-4-8-20-22(5-21(7)8)14-12(18)10(16)9(15)11(17)13(14)19/h5-7H,3-4H2,1-2H3/q+1/t7-/m1/s1. The summed E-state index contributed by atoms with van der Waals surface area (Å²) in [4.78, 5) is 0. The topological polar surface area (TPSA) is 30.9 Å². The van der Waals surface area contributed by atoms with Gasteiger partial charge in [0.15, 0.2) is 0 Å². The maximum absolute atomic E-state index is 13.9. The minimum Gasteiger partial charge on any atom is -0.367 e. The van der Waals surface area contributed by atoms with Crippen molar-refractivity contribution >= 4 is 0 Å². The van der Waals surface area contributed by atoms with Gasteiger partial charge in [-0.2, -0.15) is 8.78 Å². The molecule has 23 heavy (non-hydrogen) atoms. The number of hydrogen-bond donors (Lipinski definition) is 0. The molecule has 1 aliphatic rings. The molecule has 0 amide bonds. The molecule has 2 aromatic rings. The van der Waals surface area contributed by atoms with Crippen LogP contribution in [0, 0.1) is 35.0 Å². The van der Waals surface area contributed by atoms with Crippen molar-refractivity contribution in [2.75, 3.05) is 6.61 Å². The quantitative estimate of drug-likeness (QED) is 0.366. The van der Waals surface area contributed by atoms with Gasteiger partial charge < -0.3 is 4.74 Å². The Labute approximate surface area is 128 Å². The fourth-order valence-electron chi connectivity index (χ4n) is 2.53. The number of fused-ring (bicyclic) bond motifs is 1. The van der Waals surface area contributed by atoms with Gasteiger partial charge in [-0.15, -0.1) is 0 Å². The van der Waals surface area contributed by atoms with Crippen LogP contribution in [0.3, 0.4) is 0 Å². The number of nitrogens with zero attached hydrogens (tertiary/aromatic N) is 3. The van der Waals surface area contributed by atoms with E-state index in [2.05, 4.69) is 5.10 Å². The van der Waals surface area contributed by atoms with Crippen LogP contribution in [-0.4, -0.2) is 16.3 Å². The molecule has 0 N–H and O–H groups in total. The Morgan fingerprint density at radius 3 is 2.22 bits per heavy atom. The van der Waals surface area contributed by atoms with E-state index in [1.54, 1.807) is 4.57 Å². The molecule has 3 rings (SSSR count). The zero-order valence-corrected chi connectivity index (χ0v) is 12.3. The van der Waals surface area contributed by atoms with Crippen LogP contribution in [0.15, 0.2) is 6.33 Å². The number of hydrogen-bond acceptors (Lipinski definition) is 2. The maximum atomic E-state index is 13.9. The van der Waals surface area contributed by atoms with E-state index in [0.29, 0.717) is 17.1 Å². The van der Waals surface area contributed by atoms with Crippen LogP contribution < -0.4 is 4.68 Å². The fourth-order valence-corrected chi connectivity index (χ4v) is 2.53. The first-order chi connectivity index (χ1) is 10.8. The molecule has 0 unspecified atom stereocenters. The second kappa shape index (κ2) is 5.55. The van der Waals surface area contributed by atoms with Crippen LogP contribution in [0.4, 0.5) is 22.0 Å². The predicted molar refractivity (Wildman–Crippen MR) is 67.1 cm³/mol. The maximum Gasteiger partial charge on any atom is 0.272 e. The van der Waals surface area contributed by atoms with Gasteiger partial charge in [0.25, 0.3) is 12.2 Å². The van der Waals surface area contributed by atoms with Gasteiger partial charge in [0.1, 0.15) is 12.6 Å². The molecule has 0 fully saturated rings. The first kappa shape index (κ1) is 15.9. The highest BCUT2D eigenvalue weighted by atomic mass is 19.2. The normalized spacial score (nSPS) is 17.7. The van der Waals surface area contributed by atoms with Crippen molar-refractivity contribution in [3.8, 4) is 5.69 Å². The van der Waals surface area contributed by atoms with E-state index in [-0.39, 0.29) is 18.6 Å². The molecule has 1 atom stereocenters. The lowest BCUT2D eigenvalue weighted by Gasteiger charge is -2.22. The molecule has 4 nitrogen and oxygen atoms in total. The lowest BCUT2D eigenvalue weighted by molar-refractivity contribution is -0.661. The van der Waals surface area contributed by atoms with Gasteiger partial charge >= 0.3 is 0 Å². The third-order valence-corrected chi connectivity index (χ3v) is 3.82. The molecular formula is C14H13F5N3O+. The largest absolute Gasteiger partial charge is 0.367 e. The van der Waals surface area contributed by atoms with E-state index in [1.807, 2.05) is 13.8 Å². The highest BCUT2D eigenvalue weighted by Gasteiger charge is 2.35. The zero-order chi connectivity index (χ0) is 16.9. The smallest absolute Gasteiger partial charge is 0.272 e. The van der Waals surface area contributed by atoms with E-state index in [9.17, 15) is 22.0 Å². The van der Waals surface area contributed by atoms with Crippen molar-refractivity contribution in [3.63, 3.8) is 0 Å². The van der Waals surface area contributed by atoms with E-state index in [4.69, 9.17) is 4.74 Å². The van der Waals surface area contributed by atoms with Crippen molar-refractivity contribution in [3.05, 3.63) is 41.2 Å². The number of rotatable bonds is 2. The van der Waals surface area contributed by atoms with Crippen LogP contribution >= 0.6 is 0 Å². The summed E-state index contributed by atoms with van der Waals surface area (Å²) >= 11 is 0. The van der Waals surface area contributed by atoms with Crippen LogP contribution in [0.2, 0.25) is 0 Å². The van der Waals surface area contributed by atoms with Gasteiger partial charge in [0.05, 0.1) is 6.61 Å². The third kappa shape index (κ3) is 2.39. The van der Waals surface area contributed by atoms with E-state index < -0.39 is 34.8 Å². The van der Waals surface area contributed by atoms with Crippen molar-refractivity contribution in [2.45, 2.75) is 26.5 Å². The van der Waals surface area contributed by atoms with E-state index >= 15 is 0 Å². The Balaban J connectivity index is 2.19. The van der Waals surface area contributed by atoms with Gasteiger partial charge in [-0.3, -0.25) is 0 Å². The summed E-state index contributed by atoms with van der Waals surface area (Å²) in [5, 5.41) is 3.91. The molecule has 0 spiro atoms. The second-order valence-corrected chi connectivity index (χ2v) is 5.63. The highest BCUT2D eigenvalue weighted by molar-refractivity contribution is 5.29. The fraction of sp³-hybridized carbons (Fsp3) is 0.429. The molecule has 0 saturated carbocycles. The molecule has 1 aliphatic heterocycles. The molecule has 9 heteroatoms. The summed E-state index contributed by atoms with van der Waals surface area (Å²) in [6.07, 6.45) is 1.22. The lowest BCUT2D eigenvalue weighted by Crippen LogP contribution is -2.36. The minimum absolute atomic E-state index is 0.0889. The van der Waals surface area contributed by atoms with Crippen LogP contribution in [0.1, 0.15) is 25.7 Å². The van der Waals surface area contributed by atoms with E-state index in [0.717, 1.165) is 0 Å². The van der Waals surface area contributed by atoms with Gasteiger partial charge in [-0.1, -0.05) is 18.5 Å². The van der Waals surface area contributed by atoms with Crippen molar-refractivity contribution in [2.24, 2.45) is 5.92 Å². The Morgan fingerprint density at radius 1 is 1.09 bits per heavy atom. The molecule has 0 bridgehead atoms. The zero-order valence-electron chi connectivity index (χ0n) is 12.3. The number of ether oxygens (including phenoxy) is 1. The first-order valence-electron chi connectivity index (χ1n) is 6.92. The summed E-state index contributed by atoms with van der Waals surface area (Å²) in [5.41, 5.74) is -1.11. The summed E-state index contributed by atoms with van der Waals surface area (Å²) < 4.78 is 75.2. The Morgan fingerprint density at radius 2 is 1.65 bits per heavy atom. The van der Waals surface area contributed by atoms with Gasteiger partial charge in [-0.05, 0) is 11.0 Å². The van der Waals surface area contributed by atoms with Crippen LogP contribution in [-0.2, 0) is 11.3 Å². The molecule has 0 saturated heterocycles. The Bertz CT molecular complexity index is 745.